The van der Waals surface area contributed by atoms with E-state index < -0.39 is 5.60 Å². The van der Waals surface area contributed by atoms with E-state index in [9.17, 15) is 14.4 Å². The summed E-state index contributed by atoms with van der Waals surface area (Å²) in [5.41, 5.74) is 1.39. The van der Waals surface area contributed by atoms with Gasteiger partial charge in [-0.05, 0) is 65.0 Å². The topological polar surface area (TPSA) is 87.7 Å². The molecular weight excluding hydrogens is 382 g/mol. The fourth-order valence-corrected chi connectivity index (χ4v) is 3.19. The first kappa shape index (κ1) is 21.4. The molecule has 0 radical (unpaired) electrons. The van der Waals surface area contributed by atoms with Crippen molar-refractivity contribution in [3.05, 3.63) is 53.6 Å². The van der Waals surface area contributed by atoms with E-state index in [1.807, 2.05) is 32.9 Å². The summed E-state index contributed by atoms with van der Waals surface area (Å²) in [4.78, 5) is 39.5. The summed E-state index contributed by atoms with van der Waals surface area (Å²) in [5.74, 6) is -0.499. The van der Waals surface area contributed by atoms with Gasteiger partial charge in [0.2, 0.25) is 5.91 Å². The van der Waals surface area contributed by atoms with Crippen LogP contribution in [-0.2, 0) is 9.59 Å². The number of amides is 3. The van der Waals surface area contributed by atoms with Gasteiger partial charge in [-0.2, -0.15) is 0 Å². The summed E-state index contributed by atoms with van der Waals surface area (Å²) >= 11 is 0. The van der Waals surface area contributed by atoms with E-state index in [1.165, 1.54) is 4.90 Å². The highest BCUT2D eigenvalue weighted by Gasteiger charge is 2.41. The number of nitrogens with zero attached hydrogens (tertiary/aromatic N) is 1. The minimum Gasteiger partial charge on any atom is -0.476 e. The second-order valence-electron chi connectivity index (χ2n) is 8.23. The number of hydrogen-bond acceptors (Lipinski definition) is 4. The van der Waals surface area contributed by atoms with Crippen molar-refractivity contribution in [3.8, 4) is 5.75 Å². The van der Waals surface area contributed by atoms with Crippen molar-refractivity contribution in [2.45, 2.75) is 46.3 Å². The molecule has 30 heavy (non-hydrogen) atoms. The fourth-order valence-electron chi connectivity index (χ4n) is 3.19. The molecule has 0 saturated carbocycles. The fraction of sp³-hybridized carbons (Fsp3) is 0.348. The highest BCUT2D eigenvalue weighted by Crippen LogP contribution is 2.38. The van der Waals surface area contributed by atoms with Crippen molar-refractivity contribution in [3.63, 3.8) is 0 Å². The Morgan fingerprint density at radius 1 is 1.10 bits per heavy atom. The Labute approximate surface area is 176 Å². The van der Waals surface area contributed by atoms with Crippen LogP contribution >= 0.6 is 0 Å². The van der Waals surface area contributed by atoms with Gasteiger partial charge in [-0.3, -0.25) is 19.3 Å². The monoisotopic (exact) mass is 409 g/mol. The highest BCUT2D eigenvalue weighted by molar-refractivity contribution is 6.08. The van der Waals surface area contributed by atoms with Gasteiger partial charge >= 0.3 is 0 Å². The number of carbonyl (C=O) groups is 3. The summed E-state index contributed by atoms with van der Waals surface area (Å²) in [6.07, 6.45) is 0. The minimum absolute atomic E-state index is 0.0262. The number of benzene rings is 2. The zero-order chi connectivity index (χ0) is 22.1. The van der Waals surface area contributed by atoms with Crippen LogP contribution in [0.5, 0.6) is 5.75 Å². The van der Waals surface area contributed by atoms with Crippen LogP contribution in [0.1, 0.15) is 43.6 Å². The average Bonchev–Trinajstić information content (AvgIpc) is 2.66. The van der Waals surface area contributed by atoms with Gasteiger partial charge in [0.05, 0.1) is 5.69 Å². The second kappa shape index (κ2) is 8.18. The van der Waals surface area contributed by atoms with Crippen molar-refractivity contribution in [1.82, 2.24) is 5.32 Å². The van der Waals surface area contributed by atoms with Crippen LogP contribution in [0.3, 0.4) is 0 Å². The number of ether oxygens (including phenoxy) is 1. The molecule has 0 unspecified atom stereocenters. The van der Waals surface area contributed by atoms with Crippen LogP contribution in [0.25, 0.3) is 0 Å². The van der Waals surface area contributed by atoms with E-state index in [0.29, 0.717) is 22.7 Å². The Hall–Kier alpha value is -3.35. The third kappa shape index (κ3) is 4.62. The van der Waals surface area contributed by atoms with Crippen LogP contribution in [0, 0.1) is 6.92 Å². The minimum atomic E-state index is -1.13. The molecule has 0 fully saturated rings. The lowest BCUT2D eigenvalue weighted by atomic mass is 10.0. The van der Waals surface area contributed by atoms with E-state index in [2.05, 4.69) is 10.6 Å². The summed E-state index contributed by atoms with van der Waals surface area (Å²) in [7, 11) is 0. The number of carbonyl (C=O) groups excluding carboxylic acids is 3. The molecule has 0 aliphatic carbocycles. The Morgan fingerprint density at radius 3 is 2.40 bits per heavy atom. The van der Waals surface area contributed by atoms with Crippen molar-refractivity contribution in [1.29, 1.82) is 0 Å². The van der Waals surface area contributed by atoms with Crippen molar-refractivity contribution in [2.24, 2.45) is 0 Å². The van der Waals surface area contributed by atoms with Crippen molar-refractivity contribution < 1.29 is 19.1 Å². The molecule has 0 bridgehead atoms. The third-order valence-electron chi connectivity index (χ3n) is 4.69. The summed E-state index contributed by atoms with van der Waals surface area (Å²) in [6.45, 7) is 8.82. The summed E-state index contributed by atoms with van der Waals surface area (Å²) in [5, 5.41) is 5.63. The number of nitrogens with one attached hydrogen (secondary N) is 2. The lowest BCUT2D eigenvalue weighted by molar-refractivity contribution is -0.133. The van der Waals surface area contributed by atoms with Crippen LogP contribution in [0.4, 0.5) is 11.4 Å². The third-order valence-corrected chi connectivity index (χ3v) is 4.69. The molecule has 0 atom stereocenters. The molecule has 3 amide bonds. The molecule has 2 aromatic rings. The Bertz CT molecular complexity index is 980. The molecule has 0 spiro atoms. The van der Waals surface area contributed by atoms with E-state index in [1.54, 1.807) is 44.2 Å². The molecule has 0 saturated heterocycles. The molecule has 158 valence electrons. The second-order valence-corrected chi connectivity index (χ2v) is 8.23. The lowest BCUT2D eigenvalue weighted by Crippen LogP contribution is -2.54. The van der Waals surface area contributed by atoms with Gasteiger partial charge in [0, 0.05) is 17.3 Å². The smallest absolute Gasteiger partial charge is 0.271 e. The van der Waals surface area contributed by atoms with E-state index in [-0.39, 0.29) is 30.3 Å². The molecule has 1 aliphatic rings. The maximum Gasteiger partial charge on any atom is 0.271 e. The maximum absolute atomic E-state index is 13.0. The standard InChI is InChI=1S/C23H27N3O4/c1-14(2)24-21(28)16-8-11-19-18(12-16)26(22(29)23(4,5)30-19)13-20(27)25-17-9-6-15(3)7-10-17/h6-12,14H,13H2,1-5H3,(H,24,28)(H,25,27). The number of rotatable bonds is 5. The van der Waals surface area contributed by atoms with Gasteiger partial charge in [0.1, 0.15) is 12.3 Å². The molecule has 7 nitrogen and oxygen atoms in total. The Kier molecular flexibility index (Phi) is 5.82. The molecule has 2 aromatic carbocycles. The molecule has 3 rings (SSSR count). The van der Waals surface area contributed by atoms with Gasteiger partial charge in [-0.15, -0.1) is 0 Å². The molecule has 7 heteroatoms. The molecule has 1 heterocycles. The summed E-state index contributed by atoms with van der Waals surface area (Å²) < 4.78 is 5.84. The molecule has 2 N–H and O–H groups in total. The van der Waals surface area contributed by atoms with E-state index in [0.717, 1.165) is 5.56 Å². The molecule has 1 aliphatic heterocycles. The number of aryl methyl sites for hydroxylation is 1. The first-order valence-electron chi connectivity index (χ1n) is 9.89. The zero-order valence-electron chi connectivity index (χ0n) is 17.9. The first-order valence-corrected chi connectivity index (χ1v) is 9.89. The van der Waals surface area contributed by atoms with Crippen LogP contribution in [-0.4, -0.2) is 35.9 Å². The maximum atomic E-state index is 13.0. The number of fused-ring (bicyclic) bond motifs is 1. The van der Waals surface area contributed by atoms with Crippen LogP contribution in [0.15, 0.2) is 42.5 Å². The van der Waals surface area contributed by atoms with Crippen molar-refractivity contribution >= 4 is 29.1 Å². The van der Waals surface area contributed by atoms with Gasteiger partial charge in [0.25, 0.3) is 11.8 Å². The van der Waals surface area contributed by atoms with Gasteiger partial charge in [-0.25, -0.2) is 0 Å². The molecule has 0 aromatic heterocycles. The SMILES string of the molecule is Cc1ccc(NC(=O)CN2C(=O)C(C)(C)Oc3ccc(C(=O)NC(C)C)cc32)cc1. The predicted octanol–water partition coefficient (Wildman–Crippen LogP) is 3.28. The summed E-state index contributed by atoms with van der Waals surface area (Å²) in [6, 6.07) is 12.3. The van der Waals surface area contributed by atoms with Crippen molar-refractivity contribution in [2.75, 3.05) is 16.8 Å². The number of hydrogen-bond donors (Lipinski definition) is 2. The lowest BCUT2D eigenvalue weighted by Gasteiger charge is -2.38. The highest BCUT2D eigenvalue weighted by atomic mass is 16.5. The normalized spacial score (nSPS) is 14.7. The van der Waals surface area contributed by atoms with Crippen LogP contribution < -0.4 is 20.3 Å². The largest absolute Gasteiger partial charge is 0.476 e. The van der Waals surface area contributed by atoms with E-state index >= 15 is 0 Å². The van der Waals surface area contributed by atoms with Gasteiger partial charge < -0.3 is 15.4 Å². The first-order chi connectivity index (χ1) is 14.1. The number of anilines is 2. The Balaban J connectivity index is 1.88. The van der Waals surface area contributed by atoms with Crippen LogP contribution in [0.2, 0.25) is 0 Å². The Morgan fingerprint density at radius 2 is 1.77 bits per heavy atom. The quantitative estimate of drug-likeness (QED) is 0.793. The van der Waals surface area contributed by atoms with E-state index in [4.69, 9.17) is 4.74 Å². The predicted molar refractivity (Wildman–Crippen MR) is 116 cm³/mol. The molecular formula is C23H27N3O4. The average molecular weight is 409 g/mol. The van der Waals surface area contributed by atoms with Gasteiger partial charge in [-0.1, -0.05) is 17.7 Å². The zero-order valence-corrected chi connectivity index (χ0v) is 17.9. The van der Waals surface area contributed by atoms with Gasteiger partial charge in [0.15, 0.2) is 5.60 Å².